The monoisotopic (exact) mass is 217 g/mol. The summed E-state index contributed by atoms with van der Waals surface area (Å²) >= 11 is 0. The molecule has 16 heavy (non-hydrogen) atoms. The van der Waals surface area contributed by atoms with E-state index >= 15 is 0 Å². The highest BCUT2D eigenvalue weighted by molar-refractivity contribution is 5.52. The quantitative estimate of drug-likeness (QED) is 0.836. The molecule has 0 aliphatic heterocycles. The van der Waals surface area contributed by atoms with Gasteiger partial charge in [0.05, 0.1) is 24.0 Å². The van der Waals surface area contributed by atoms with Crippen LogP contribution >= 0.6 is 0 Å². The molecule has 2 aromatic heterocycles. The maximum atomic E-state index is 10.3. The van der Waals surface area contributed by atoms with Gasteiger partial charge in [-0.3, -0.25) is 4.98 Å². The zero-order valence-electron chi connectivity index (χ0n) is 9.08. The molecule has 1 saturated carbocycles. The van der Waals surface area contributed by atoms with Crippen molar-refractivity contribution in [2.45, 2.75) is 31.8 Å². The Bertz CT molecular complexity index is 488. The number of rotatable bonds is 2. The van der Waals surface area contributed by atoms with Gasteiger partial charge in [-0.15, -0.1) is 0 Å². The standard InChI is InChI=1S/C12H15N3O/c16-12(9-3-1-2-4-9)10-7-14-15-6-5-13-8-11(10)15/h5-9,12,16H,1-4H2. The molecule has 1 N–H and O–H groups in total. The van der Waals surface area contributed by atoms with Crippen molar-refractivity contribution in [3.63, 3.8) is 0 Å². The highest BCUT2D eigenvalue weighted by atomic mass is 16.3. The minimum absolute atomic E-state index is 0.385. The summed E-state index contributed by atoms with van der Waals surface area (Å²) in [6.07, 6.45) is 11.4. The lowest BCUT2D eigenvalue weighted by atomic mass is 9.95. The predicted octanol–water partition coefficient (Wildman–Crippen LogP) is 1.95. The first-order chi connectivity index (χ1) is 7.86. The Morgan fingerprint density at radius 3 is 2.94 bits per heavy atom. The Morgan fingerprint density at radius 2 is 2.12 bits per heavy atom. The van der Waals surface area contributed by atoms with E-state index in [1.807, 2.05) is 0 Å². The molecule has 1 aliphatic carbocycles. The van der Waals surface area contributed by atoms with Crippen molar-refractivity contribution in [2.24, 2.45) is 5.92 Å². The summed E-state index contributed by atoms with van der Waals surface area (Å²) in [5, 5.41) is 14.6. The van der Waals surface area contributed by atoms with Crippen LogP contribution in [0.2, 0.25) is 0 Å². The largest absolute Gasteiger partial charge is 0.388 e. The normalized spacial score (nSPS) is 19.3. The van der Waals surface area contributed by atoms with Crippen molar-refractivity contribution in [3.8, 4) is 0 Å². The van der Waals surface area contributed by atoms with Gasteiger partial charge in [-0.2, -0.15) is 5.10 Å². The minimum Gasteiger partial charge on any atom is -0.388 e. The molecule has 1 unspecified atom stereocenters. The third kappa shape index (κ3) is 1.50. The fourth-order valence-electron chi connectivity index (χ4n) is 2.61. The van der Waals surface area contributed by atoms with Gasteiger partial charge in [-0.05, 0) is 18.8 Å². The van der Waals surface area contributed by atoms with Crippen LogP contribution in [-0.4, -0.2) is 19.7 Å². The Labute approximate surface area is 93.9 Å². The third-order valence-corrected chi connectivity index (χ3v) is 3.52. The van der Waals surface area contributed by atoms with Gasteiger partial charge in [0.15, 0.2) is 0 Å². The summed E-state index contributed by atoms with van der Waals surface area (Å²) in [6.45, 7) is 0. The molecule has 4 nitrogen and oxygen atoms in total. The van der Waals surface area contributed by atoms with Gasteiger partial charge in [0.1, 0.15) is 0 Å². The highest BCUT2D eigenvalue weighted by Crippen LogP contribution is 2.36. The van der Waals surface area contributed by atoms with Crippen molar-refractivity contribution in [3.05, 3.63) is 30.4 Å². The fourth-order valence-corrected chi connectivity index (χ4v) is 2.61. The van der Waals surface area contributed by atoms with Gasteiger partial charge in [-0.1, -0.05) is 12.8 Å². The van der Waals surface area contributed by atoms with Crippen LogP contribution in [0.3, 0.4) is 0 Å². The first-order valence-electron chi connectivity index (χ1n) is 5.81. The van der Waals surface area contributed by atoms with Gasteiger partial charge in [0, 0.05) is 18.0 Å². The summed E-state index contributed by atoms with van der Waals surface area (Å²) in [7, 11) is 0. The van der Waals surface area contributed by atoms with E-state index < -0.39 is 0 Å². The number of hydrogen-bond acceptors (Lipinski definition) is 3. The van der Waals surface area contributed by atoms with E-state index in [0.29, 0.717) is 5.92 Å². The van der Waals surface area contributed by atoms with Crippen LogP contribution in [0, 0.1) is 5.92 Å². The van der Waals surface area contributed by atoms with Gasteiger partial charge in [-0.25, -0.2) is 4.52 Å². The van der Waals surface area contributed by atoms with Gasteiger partial charge in [0.25, 0.3) is 0 Å². The average molecular weight is 217 g/mol. The molecule has 0 amide bonds. The van der Waals surface area contributed by atoms with Crippen molar-refractivity contribution in [1.29, 1.82) is 0 Å². The number of hydrogen-bond donors (Lipinski definition) is 1. The molecule has 2 heterocycles. The van der Waals surface area contributed by atoms with Crippen LogP contribution < -0.4 is 0 Å². The zero-order chi connectivity index (χ0) is 11.0. The molecule has 4 heteroatoms. The molecule has 1 fully saturated rings. The fraction of sp³-hybridized carbons (Fsp3) is 0.500. The maximum absolute atomic E-state index is 10.3. The molecule has 0 radical (unpaired) electrons. The summed E-state index contributed by atoms with van der Waals surface area (Å²) < 4.78 is 1.76. The van der Waals surface area contributed by atoms with E-state index in [0.717, 1.165) is 23.9 Å². The van der Waals surface area contributed by atoms with E-state index in [-0.39, 0.29) is 6.10 Å². The lowest BCUT2D eigenvalue weighted by Crippen LogP contribution is -2.08. The minimum atomic E-state index is -0.385. The van der Waals surface area contributed by atoms with Crippen LogP contribution in [0.15, 0.2) is 24.8 Å². The van der Waals surface area contributed by atoms with Crippen LogP contribution in [0.25, 0.3) is 5.52 Å². The molecule has 84 valence electrons. The van der Waals surface area contributed by atoms with Crippen LogP contribution in [0.1, 0.15) is 37.4 Å². The summed E-state index contributed by atoms with van der Waals surface area (Å²) in [5.41, 5.74) is 1.84. The van der Waals surface area contributed by atoms with E-state index in [1.54, 1.807) is 29.3 Å². The van der Waals surface area contributed by atoms with Crippen molar-refractivity contribution >= 4 is 5.52 Å². The van der Waals surface area contributed by atoms with Crippen LogP contribution in [0.5, 0.6) is 0 Å². The predicted molar refractivity (Wildman–Crippen MR) is 59.9 cm³/mol. The van der Waals surface area contributed by atoms with E-state index in [2.05, 4.69) is 10.1 Å². The first-order valence-corrected chi connectivity index (χ1v) is 5.81. The molecule has 0 spiro atoms. The third-order valence-electron chi connectivity index (χ3n) is 3.52. The molecule has 3 rings (SSSR count). The second kappa shape index (κ2) is 3.87. The highest BCUT2D eigenvalue weighted by Gasteiger charge is 2.26. The van der Waals surface area contributed by atoms with Gasteiger partial charge >= 0.3 is 0 Å². The number of nitrogens with zero attached hydrogens (tertiary/aromatic N) is 3. The number of fused-ring (bicyclic) bond motifs is 1. The van der Waals surface area contributed by atoms with Crippen LogP contribution in [0.4, 0.5) is 0 Å². The SMILES string of the molecule is OC(c1cnn2ccncc12)C1CCCC1. The average Bonchev–Trinajstić information content (AvgIpc) is 2.98. The lowest BCUT2D eigenvalue weighted by Gasteiger charge is -2.16. The Hall–Kier alpha value is -1.42. The number of aromatic nitrogens is 3. The molecule has 0 aromatic carbocycles. The Morgan fingerprint density at radius 1 is 1.31 bits per heavy atom. The second-order valence-electron chi connectivity index (χ2n) is 4.50. The van der Waals surface area contributed by atoms with Crippen molar-refractivity contribution in [2.75, 3.05) is 0 Å². The summed E-state index contributed by atoms with van der Waals surface area (Å²) in [4.78, 5) is 4.08. The lowest BCUT2D eigenvalue weighted by molar-refractivity contribution is 0.113. The van der Waals surface area contributed by atoms with Gasteiger partial charge in [0.2, 0.25) is 0 Å². The number of aliphatic hydroxyl groups excluding tert-OH is 1. The topological polar surface area (TPSA) is 50.4 Å². The molecular formula is C12H15N3O. The second-order valence-corrected chi connectivity index (χ2v) is 4.50. The molecular weight excluding hydrogens is 202 g/mol. The van der Waals surface area contributed by atoms with Crippen molar-refractivity contribution < 1.29 is 5.11 Å². The Balaban J connectivity index is 1.98. The molecule has 2 aromatic rings. The van der Waals surface area contributed by atoms with E-state index in [9.17, 15) is 5.11 Å². The molecule has 1 aliphatic rings. The van der Waals surface area contributed by atoms with E-state index in [1.165, 1.54) is 12.8 Å². The molecule has 0 saturated heterocycles. The first kappa shape index (κ1) is 9.78. The maximum Gasteiger partial charge on any atom is 0.0903 e. The molecule has 1 atom stereocenters. The zero-order valence-corrected chi connectivity index (χ0v) is 9.08. The van der Waals surface area contributed by atoms with E-state index in [4.69, 9.17) is 0 Å². The molecule has 0 bridgehead atoms. The van der Waals surface area contributed by atoms with Gasteiger partial charge < -0.3 is 5.11 Å². The smallest absolute Gasteiger partial charge is 0.0903 e. The summed E-state index contributed by atoms with van der Waals surface area (Å²) in [5.74, 6) is 0.396. The van der Waals surface area contributed by atoms with Crippen LogP contribution in [-0.2, 0) is 0 Å². The Kier molecular flexibility index (Phi) is 2.36. The van der Waals surface area contributed by atoms with Crippen molar-refractivity contribution in [1.82, 2.24) is 14.6 Å². The number of aliphatic hydroxyl groups is 1. The summed E-state index contributed by atoms with van der Waals surface area (Å²) in [6, 6.07) is 0.